The number of hydrogen-bond donors (Lipinski definition) is 0. The maximum atomic E-state index is 6.07. The van der Waals surface area contributed by atoms with E-state index in [0.717, 1.165) is 0 Å². The van der Waals surface area contributed by atoms with Crippen LogP contribution in [-0.4, -0.2) is 5.38 Å². The lowest BCUT2D eigenvalue weighted by atomic mass is 9.93. The van der Waals surface area contributed by atoms with Crippen LogP contribution < -0.4 is 0 Å². The molecule has 0 radical (unpaired) electrons. The maximum absolute atomic E-state index is 6.07. The molecule has 2 atom stereocenters. The Labute approximate surface area is 85.9 Å². The highest BCUT2D eigenvalue weighted by molar-refractivity contribution is 6.20. The molecule has 1 aromatic carbocycles. The summed E-state index contributed by atoms with van der Waals surface area (Å²) in [6.07, 6.45) is 0. The van der Waals surface area contributed by atoms with Crippen LogP contribution >= 0.6 is 11.6 Å². The molecule has 1 rings (SSSR count). The minimum Gasteiger partial charge on any atom is -0.123 e. The molecule has 1 aromatic rings. The van der Waals surface area contributed by atoms with Gasteiger partial charge in [0.25, 0.3) is 0 Å². The maximum Gasteiger partial charge on any atom is 0.0373 e. The van der Waals surface area contributed by atoms with Crippen molar-refractivity contribution < 1.29 is 0 Å². The summed E-state index contributed by atoms with van der Waals surface area (Å²) in [6, 6.07) is 6.55. The average Bonchev–Trinajstić information content (AvgIpc) is 2.03. The largest absolute Gasteiger partial charge is 0.123 e. The van der Waals surface area contributed by atoms with E-state index in [1.807, 2.05) is 6.92 Å². The molecule has 0 aliphatic rings. The number of aryl methyl sites for hydroxylation is 2. The van der Waals surface area contributed by atoms with Crippen LogP contribution in [0.2, 0.25) is 0 Å². The second-order valence-electron chi connectivity index (χ2n) is 3.83. The third kappa shape index (κ3) is 2.47. The van der Waals surface area contributed by atoms with Crippen molar-refractivity contribution in [3.05, 3.63) is 34.9 Å². The van der Waals surface area contributed by atoms with Gasteiger partial charge in [-0.25, -0.2) is 0 Å². The molecule has 72 valence electrons. The van der Waals surface area contributed by atoms with Gasteiger partial charge < -0.3 is 0 Å². The standard InChI is InChI=1S/C12H17Cl/c1-8-5-6-12(9(2)7-8)10(3)11(4)13/h5-7,10-11H,1-4H3. The van der Waals surface area contributed by atoms with Crippen LogP contribution in [0.1, 0.15) is 36.5 Å². The Balaban J connectivity index is 3.01. The molecule has 0 bridgehead atoms. The molecular formula is C12H17Cl. The Morgan fingerprint density at radius 1 is 1.15 bits per heavy atom. The molecule has 0 amide bonds. The Hall–Kier alpha value is -0.490. The highest BCUT2D eigenvalue weighted by Gasteiger charge is 2.13. The predicted molar refractivity (Wildman–Crippen MR) is 59.6 cm³/mol. The second kappa shape index (κ2) is 4.15. The summed E-state index contributed by atoms with van der Waals surface area (Å²) < 4.78 is 0. The fourth-order valence-corrected chi connectivity index (χ4v) is 1.72. The zero-order valence-electron chi connectivity index (χ0n) is 8.76. The number of hydrogen-bond acceptors (Lipinski definition) is 0. The van der Waals surface area contributed by atoms with Gasteiger partial charge in [0.1, 0.15) is 0 Å². The number of benzene rings is 1. The Kier molecular flexibility index (Phi) is 3.38. The van der Waals surface area contributed by atoms with E-state index >= 15 is 0 Å². The monoisotopic (exact) mass is 196 g/mol. The second-order valence-corrected chi connectivity index (χ2v) is 4.51. The Bertz CT molecular complexity index is 289. The molecule has 13 heavy (non-hydrogen) atoms. The molecule has 0 nitrogen and oxygen atoms in total. The van der Waals surface area contributed by atoms with Gasteiger partial charge in [0.2, 0.25) is 0 Å². The molecule has 0 aliphatic carbocycles. The third-order valence-electron chi connectivity index (χ3n) is 2.60. The van der Waals surface area contributed by atoms with Crippen LogP contribution in [0, 0.1) is 13.8 Å². The summed E-state index contributed by atoms with van der Waals surface area (Å²) in [5, 5.41) is 0.196. The van der Waals surface area contributed by atoms with Gasteiger partial charge in [-0.15, -0.1) is 11.6 Å². The van der Waals surface area contributed by atoms with Crippen molar-refractivity contribution in [1.29, 1.82) is 0 Å². The predicted octanol–water partition coefficient (Wildman–Crippen LogP) is 4.03. The van der Waals surface area contributed by atoms with Crippen LogP contribution in [-0.2, 0) is 0 Å². The van der Waals surface area contributed by atoms with E-state index in [4.69, 9.17) is 11.6 Å². The summed E-state index contributed by atoms with van der Waals surface area (Å²) in [4.78, 5) is 0. The van der Waals surface area contributed by atoms with E-state index in [1.54, 1.807) is 0 Å². The molecular weight excluding hydrogens is 180 g/mol. The number of rotatable bonds is 2. The van der Waals surface area contributed by atoms with Crippen molar-refractivity contribution >= 4 is 11.6 Å². The number of alkyl halides is 1. The van der Waals surface area contributed by atoms with Gasteiger partial charge in [-0.05, 0) is 37.8 Å². The lowest BCUT2D eigenvalue weighted by Gasteiger charge is -2.17. The highest BCUT2D eigenvalue weighted by atomic mass is 35.5. The topological polar surface area (TPSA) is 0 Å². The van der Waals surface area contributed by atoms with Crippen molar-refractivity contribution in [1.82, 2.24) is 0 Å². The van der Waals surface area contributed by atoms with E-state index in [-0.39, 0.29) is 5.38 Å². The molecule has 0 aromatic heterocycles. The van der Waals surface area contributed by atoms with Crippen molar-refractivity contribution in [2.75, 3.05) is 0 Å². The Morgan fingerprint density at radius 3 is 2.23 bits per heavy atom. The van der Waals surface area contributed by atoms with Crippen LogP contribution in [0.5, 0.6) is 0 Å². The Morgan fingerprint density at radius 2 is 1.77 bits per heavy atom. The molecule has 0 fully saturated rings. The summed E-state index contributed by atoms with van der Waals surface area (Å²) in [7, 11) is 0. The SMILES string of the molecule is Cc1ccc(C(C)C(C)Cl)c(C)c1. The first kappa shape index (κ1) is 10.6. The minimum atomic E-state index is 0.196. The van der Waals surface area contributed by atoms with Gasteiger partial charge in [-0.1, -0.05) is 30.7 Å². The molecule has 0 N–H and O–H groups in total. The number of halogens is 1. The quantitative estimate of drug-likeness (QED) is 0.627. The first-order valence-electron chi connectivity index (χ1n) is 4.73. The molecule has 0 aliphatic heterocycles. The molecule has 1 heteroatoms. The van der Waals surface area contributed by atoms with E-state index in [0.29, 0.717) is 5.92 Å². The van der Waals surface area contributed by atoms with Crippen molar-refractivity contribution in [3.63, 3.8) is 0 Å². The molecule has 0 spiro atoms. The smallest absolute Gasteiger partial charge is 0.0373 e. The van der Waals surface area contributed by atoms with Gasteiger partial charge in [0, 0.05) is 5.38 Å². The summed E-state index contributed by atoms with van der Waals surface area (Å²) >= 11 is 6.07. The van der Waals surface area contributed by atoms with Crippen molar-refractivity contribution in [2.24, 2.45) is 0 Å². The van der Waals surface area contributed by atoms with Crippen molar-refractivity contribution in [3.8, 4) is 0 Å². The lowest BCUT2D eigenvalue weighted by molar-refractivity contribution is 0.736. The van der Waals surface area contributed by atoms with E-state index in [9.17, 15) is 0 Å². The molecule has 0 heterocycles. The third-order valence-corrected chi connectivity index (χ3v) is 2.98. The average molecular weight is 197 g/mol. The van der Waals surface area contributed by atoms with Crippen LogP contribution in [0.15, 0.2) is 18.2 Å². The lowest BCUT2D eigenvalue weighted by Crippen LogP contribution is -2.06. The normalized spacial score (nSPS) is 15.5. The summed E-state index contributed by atoms with van der Waals surface area (Å²) in [5.41, 5.74) is 4.03. The van der Waals surface area contributed by atoms with Gasteiger partial charge in [-0.2, -0.15) is 0 Å². The van der Waals surface area contributed by atoms with E-state index < -0.39 is 0 Å². The zero-order chi connectivity index (χ0) is 10.0. The molecule has 0 saturated heterocycles. The van der Waals surface area contributed by atoms with Gasteiger partial charge in [0.05, 0.1) is 0 Å². The zero-order valence-corrected chi connectivity index (χ0v) is 9.52. The van der Waals surface area contributed by atoms with E-state index in [1.165, 1.54) is 16.7 Å². The highest BCUT2D eigenvalue weighted by Crippen LogP contribution is 2.26. The van der Waals surface area contributed by atoms with Crippen molar-refractivity contribution in [2.45, 2.75) is 39.0 Å². The summed E-state index contributed by atoms with van der Waals surface area (Å²) in [5.74, 6) is 0.433. The minimum absolute atomic E-state index is 0.196. The van der Waals surface area contributed by atoms with Crippen LogP contribution in [0.4, 0.5) is 0 Å². The van der Waals surface area contributed by atoms with Gasteiger partial charge >= 0.3 is 0 Å². The first-order chi connectivity index (χ1) is 6.02. The van der Waals surface area contributed by atoms with Crippen LogP contribution in [0.3, 0.4) is 0 Å². The van der Waals surface area contributed by atoms with Gasteiger partial charge in [0.15, 0.2) is 0 Å². The first-order valence-corrected chi connectivity index (χ1v) is 5.17. The molecule has 0 saturated carbocycles. The van der Waals surface area contributed by atoms with E-state index in [2.05, 4.69) is 39.0 Å². The van der Waals surface area contributed by atoms with Crippen LogP contribution in [0.25, 0.3) is 0 Å². The molecule has 2 unspecified atom stereocenters. The fourth-order valence-electron chi connectivity index (χ4n) is 1.58. The fraction of sp³-hybridized carbons (Fsp3) is 0.500. The summed E-state index contributed by atoms with van der Waals surface area (Å²) in [6.45, 7) is 8.49. The van der Waals surface area contributed by atoms with Gasteiger partial charge in [-0.3, -0.25) is 0 Å².